The highest BCUT2D eigenvalue weighted by Gasteiger charge is 2.62. The van der Waals surface area contributed by atoms with Gasteiger partial charge in [0.15, 0.2) is 17.6 Å². The first kappa shape index (κ1) is 21.5. The summed E-state index contributed by atoms with van der Waals surface area (Å²) >= 11 is 0. The number of benzene rings is 2. The third-order valence-corrected chi connectivity index (χ3v) is 7.43. The van der Waals surface area contributed by atoms with Gasteiger partial charge in [-0.2, -0.15) is 0 Å². The molecule has 1 N–H and O–H groups in total. The van der Waals surface area contributed by atoms with Crippen molar-refractivity contribution in [3.8, 4) is 17.2 Å². The van der Waals surface area contributed by atoms with Gasteiger partial charge in [-0.15, -0.1) is 4.91 Å². The van der Waals surface area contributed by atoms with E-state index in [1.54, 1.807) is 6.07 Å². The summed E-state index contributed by atoms with van der Waals surface area (Å²) in [6.45, 7) is 5.07. The highest BCUT2D eigenvalue weighted by molar-refractivity contribution is 5.65. The summed E-state index contributed by atoms with van der Waals surface area (Å²) in [5, 5.41) is 13.4. The van der Waals surface area contributed by atoms with Gasteiger partial charge in [0.05, 0.1) is 0 Å². The molecule has 2 heterocycles. The van der Waals surface area contributed by atoms with Gasteiger partial charge in [0.2, 0.25) is 0 Å². The van der Waals surface area contributed by atoms with Crippen LogP contribution < -0.4 is 9.47 Å². The Morgan fingerprint density at radius 1 is 1.21 bits per heavy atom. The Morgan fingerprint density at radius 3 is 2.70 bits per heavy atom. The predicted octanol–water partition coefficient (Wildman–Crippen LogP) is 4.59. The third kappa shape index (κ3) is 3.28. The summed E-state index contributed by atoms with van der Waals surface area (Å²) in [7, 11) is 2.11. The van der Waals surface area contributed by atoms with Crippen molar-refractivity contribution in [3.05, 3.63) is 64.6 Å². The number of rotatable bonds is 3. The summed E-state index contributed by atoms with van der Waals surface area (Å²) in [6, 6.07) is 9.67. The van der Waals surface area contributed by atoms with Crippen molar-refractivity contribution in [1.29, 1.82) is 0 Å². The van der Waals surface area contributed by atoms with Gasteiger partial charge >= 0.3 is 6.16 Å². The molecule has 2 aliphatic heterocycles. The number of aryl methyl sites for hydroxylation is 1. The van der Waals surface area contributed by atoms with Crippen molar-refractivity contribution < 1.29 is 24.1 Å². The molecule has 1 saturated heterocycles. The van der Waals surface area contributed by atoms with Crippen molar-refractivity contribution in [1.82, 2.24) is 4.90 Å². The highest BCUT2D eigenvalue weighted by atomic mass is 16.7. The minimum atomic E-state index is -0.869. The molecule has 8 nitrogen and oxygen atoms in total. The Kier molecular flexibility index (Phi) is 5.12. The molecule has 8 heteroatoms. The topological polar surface area (TPSA) is 97.7 Å². The number of aromatic hydroxyl groups is 1. The number of phenolic OH excluding ortho intramolecular Hbond substituents is 1. The lowest BCUT2D eigenvalue weighted by Gasteiger charge is -2.53. The lowest BCUT2D eigenvalue weighted by atomic mass is 9.57. The number of hydrogen-bond donors (Lipinski definition) is 1. The Labute approximate surface area is 191 Å². The number of piperidine rings is 1. The van der Waals surface area contributed by atoms with Gasteiger partial charge < -0.3 is 24.2 Å². The molecule has 0 aromatic heterocycles. The largest absolute Gasteiger partial charge is 0.514 e. The minimum Gasteiger partial charge on any atom is -0.504 e. The number of nitrogens with zero attached hydrogens (tertiary/aromatic N) is 2. The van der Waals surface area contributed by atoms with Crippen molar-refractivity contribution >= 4 is 11.8 Å². The summed E-state index contributed by atoms with van der Waals surface area (Å²) in [4.78, 5) is 25.5. The van der Waals surface area contributed by atoms with E-state index in [4.69, 9.17) is 14.2 Å². The van der Waals surface area contributed by atoms with E-state index in [1.165, 1.54) is 24.3 Å². The van der Waals surface area contributed by atoms with Crippen LogP contribution in [0.4, 0.5) is 10.5 Å². The fraction of sp³-hybridized carbons (Fsp3) is 0.400. The van der Waals surface area contributed by atoms with E-state index in [0.717, 1.165) is 24.1 Å². The molecular weight excluding hydrogens is 424 g/mol. The van der Waals surface area contributed by atoms with Crippen LogP contribution in [0.1, 0.15) is 24.5 Å². The van der Waals surface area contributed by atoms with E-state index >= 15 is 0 Å². The second-order valence-electron chi connectivity index (χ2n) is 9.09. The lowest BCUT2D eigenvalue weighted by Crippen LogP contribution is -2.62. The van der Waals surface area contributed by atoms with Crippen LogP contribution in [0.25, 0.3) is 0 Å². The van der Waals surface area contributed by atoms with Crippen LogP contribution in [-0.2, 0) is 10.2 Å². The van der Waals surface area contributed by atoms with E-state index in [9.17, 15) is 14.8 Å². The summed E-state index contributed by atoms with van der Waals surface area (Å²) < 4.78 is 17.4. The molecule has 1 aliphatic carbocycles. The first-order valence-electron chi connectivity index (χ1n) is 11.1. The number of nitroso groups, excluding NO2 is 1. The molecular formula is C25H26N2O6. The van der Waals surface area contributed by atoms with E-state index < -0.39 is 23.8 Å². The normalized spacial score (nSPS) is 29.9. The Hall–Kier alpha value is -3.39. The SMILES string of the molecule is Cc1ccc(O)c2c1[C@]13CCN(C)[C@H](C)[C@@H]1C=C[C@H](OC(=O)Oc1ccc(N=O)cc1)[C@@H]3O2. The highest BCUT2D eigenvalue weighted by Crippen LogP contribution is 2.59. The van der Waals surface area contributed by atoms with Crippen molar-refractivity contribution in [2.24, 2.45) is 11.1 Å². The van der Waals surface area contributed by atoms with E-state index in [-0.39, 0.29) is 29.1 Å². The van der Waals surface area contributed by atoms with Crippen molar-refractivity contribution in [3.63, 3.8) is 0 Å². The van der Waals surface area contributed by atoms with Crippen LogP contribution >= 0.6 is 0 Å². The smallest absolute Gasteiger partial charge is 0.504 e. The summed E-state index contributed by atoms with van der Waals surface area (Å²) in [5.41, 5.74) is 1.86. The molecule has 1 fully saturated rings. The van der Waals surface area contributed by atoms with Crippen LogP contribution in [0, 0.1) is 17.7 Å². The maximum Gasteiger partial charge on any atom is 0.514 e. The Morgan fingerprint density at radius 2 is 1.97 bits per heavy atom. The average molecular weight is 450 g/mol. The lowest BCUT2D eigenvalue weighted by molar-refractivity contribution is -0.0498. The van der Waals surface area contributed by atoms with Crippen LogP contribution in [-0.4, -0.2) is 48.0 Å². The molecule has 5 atom stereocenters. The standard InChI is InChI=1S/C25H26N2O6/c1-14-4-10-19(28)22-21(14)25-12-13-27(3)15(2)18(25)9-11-20(23(25)33-22)32-24(29)31-17-7-5-16(26-30)6-8-17/h4-11,15,18,20,23,28H,12-13H2,1-3H3/t15-,18+,20+,23+,25+/m1/s1. The Balaban J connectivity index is 1.47. The number of hydrogen-bond acceptors (Lipinski definition) is 8. The van der Waals surface area contributed by atoms with Gasteiger partial charge in [-0.1, -0.05) is 12.1 Å². The number of fused-ring (bicyclic) bond motifs is 1. The predicted molar refractivity (Wildman–Crippen MR) is 121 cm³/mol. The second-order valence-corrected chi connectivity index (χ2v) is 9.09. The average Bonchev–Trinajstić information content (AvgIpc) is 3.17. The van der Waals surface area contributed by atoms with Gasteiger partial charge in [0.25, 0.3) is 0 Å². The summed E-state index contributed by atoms with van der Waals surface area (Å²) in [5.74, 6) is 0.943. The van der Waals surface area contributed by atoms with Crippen molar-refractivity contribution in [2.75, 3.05) is 13.6 Å². The molecule has 1 spiro atoms. The Bertz CT molecular complexity index is 1130. The quantitative estimate of drug-likeness (QED) is 0.316. The van der Waals surface area contributed by atoms with Gasteiger partial charge in [0, 0.05) is 22.9 Å². The monoisotopic (exact) mass is 450 g/mol. The third-order valence-electron chi connectivity index (χ3n) is 7.43. The number of ether oxygens (including phenoxy) is 3. The fourth-order valence-corrected chi connectivity index (χ4v) is 5.73. The van der Waals surface area contributed by atoms with Crippen LogP contribution in [0.3, 0.4) is 0 Å². The number of carbonyl (C=O) groups is 1. The maximum absolute atomic E-state index is 12.6. The first-order chi connectivity index (χ1) is 15.8. The van der Waals surface area contributed by atoms with Crippen LogP contribution in [0.5, 0.6) is 17.2 Å². The van der Waals surface area contributed by atoms with Gasteiger partial charge in [-0.05, 0) is 81.0 Å². The van der Waals surface area contributed by atoms with Crippen LogP contribution in [0.2, 0.25) is 0 Å². The zero-order valence-corrected chi connectivity index (χ0v) is 18.7. The first-order valence-corrected chi connectivity index (χ1v) is 11.1. The molecule has 0 saturated carbocycles. The molecule has 0 amide bonds. The molecule has 3 aliphatic rings. The van der Waals surface area contributed by atoms with Gasteiger partial charge in [0.1, 0.15) is 17.5 Å². The van der Waals surface area contributed by atoms with E-state index in [0.29, 0.717) is 5.75 Å². The molecule has 0 unspecified atom stereocenters. The molecule has 5 rings (SSSR count). The summed E-state index contributed by atoms with van der Waals surface area (Å²) in [6.07, 6.45) is 2.74. The second kappa shape index (κ2) is 7.88. The van der Waals surface area contributed by atoms with Gasteiger partial charge in [-0.25, -0.2) is 4.79 Å². The van der Waals surface area contributed by atoms with E-state index in [1.807, 2.05) is 19.1 Å². The minimum absolute atomic E-state index is 0.0925. The van der Waals surface area contributed by atoms with Crippen LogP contribution in [0.15, 0.2) is 53.7 Å². The molecule has 2 aromatic rings. The molecule has 0 bridgehead atoms. The number of likely N-dealkylation sites (tertiary alicyclic amines) is 1. The molecule has 172 valence electrons. The number of carbonyl (C=O) groups excluding carboxylic acids is 1. The number of phenols is 1. The molecule has 33 heavy (non-hydrogen) atoms. The molecule has 2 aromatic carbocycles. The van der Waals surface area contributed by atoms with Crippen molar-refractivity contribution in [2.45, 2.75) is 43.9 Å². The zero-order valence-electron chi connectivity index (χ0n) is 18.7. The maximum atomic E-state index is 12.6. The fourth-order valence-electron chi connectivity index (χ4n) is 5.73. The molecule has 0 radical (unpaired) electrons. The van der Waals surface area contributed by atoms with E-state index in [2.05, 4.69) is 30.1 Å². The van der Waals surface area contributed by atoms with Gasteiger partial charge in [-0.3, -0.25) is 0 Å². The zero-order chi connectivity index (χ0) is 23.3.